The van der Waals surface area contributed by atoms with Gasteiger partial charge in [0.2, 0.25) is 0 Å². The van der Waals surface area contributed by atoms with Crippen molar-refractivity contribution in [3.63, 3.8) is 0 Å². The molecule has 1 heterocycles. The van der Waals surface area contributed by atoms with E-state index < -0.39 is 0 Å². The van der Waals surface area contributed by atoms with E-state index in [1.165, 1.54) is 23.4 Å². The standard InChI is InChI=1S/C12H8BrN3O2/c13-7-1-2-8-9(3-7)10(4-11(17)12(8)18)16-6-14-5-15-16/h1-6,17-18H. The molecule has 6 heteroatoms. The van der Waals surface area contributed by atoms with Crippen LogP contribution in [0.1, 0.15) is 0 Å². The molecule has 90 valence electrons. The fourth-order valence-electron chi connectivity index (χ4n) is 1.87. The van der Waals surface area contributed by atoms with Gasteiger partial charge in [-0.05, 0) is 18.2 Å². The molecular weight excluding hydrogens is 298 g/mol. The maximum atomic E-state index is 9.86. The molecule has 2 aromatic carbocycles. The third kappa shape index (κ3) is 1.62. The normalized spacial score (nSPS) is 10.9. The zero-order valence-corrected chi connectivity index (χ0v) is 10.7. The first-order chi connectivity index (χ1) is 8.66. The van der Waals surface area contributed by atoms with Gasteiger partial charge in [0.05, 0.1) is 5.69 Å². The van der Waals surface area contributed by atoms with E-state index in [9.17, 15) is 10.2 Å². The van der Waals surface area contributed by atoms with E-state index in [0.29, 0.717) is 11.1 Å². The molecule has 0 saturated carbocycles. The van der Waals surface area contributed by atoms with Crippen LogP contribution in [0.15, 0.2) is 41.4 Å². The second-order valence-electron chi connectivity index (χ2n) is 3.79. The molecule has 5 nitrogen and oxygen atoms in total. The summed E-state index contributed by atoms with van der Waals surface area (Å²) in [7, 11) is 0. The van der Waals surface area contributed by atoms with Crippen molar-refractivity contribution < 1.29 is 10.2 Å². The van der Waals surface area contributed by atoms with E-state index in [1.807, 2.05) is 6.07 Å². The molecule has 0 atom stereocenters. The van der Waals surface area contributed by atoms with Crippen LogP contribution in [0.4, 0.5) is 0 Å². The number of phenolic OH excluding ortho intramolecular Hbond substituents is 2. The number of hydrogen-bond acceptors (Lipinski definition) is 4. The highest BCUT2D eigenvalue weighted by molar-refractivity contribution is 9.10. The minimum atomic E-state index is -0.185. The topological polar surface area (TPSA) is 71.2 Å². The van der Waals surface area contributed by atoms with E-state index in [4.69, 9.17) is 0 Å². The maximum absolute atomic E-state index is 9.86. The molecule has 0 aliphatic rings. The van der Waals surface area contributed by atoms with Crippen molar-refractivity contribution in [1.29, 1.82) is 0 Å². The SMILES string of the molecule is Oc1cc(-n2cncn2)c2cc(Br)ccc2c1O. The first kappa shape index (κ1) is 11.0. The molecule has 0 bridgehead atoms. The first-order valence-corrected chi connectivity index (χ1v) is 5.95. The molecule has 0 radical (unpaired) electrons. The summed E-state index contributed by atoms with van der Waals surface area (Å²) in [4.78, 5) is 3.88. The van der Waals surface area contributed by atoms with E-state index in [1.54, 1.807) is 12.1 Å². The highest BCUT2D eigenvalue weighted by atomic mass is 79.9. The lowest BCUT2D eigenvalue weighted by Gasteiger charge is -2.10. The van der Waals surface area contributed by atoms with Crippen LogP contribution < -0.4 is 0 Å². The zero-order chi connectivity index (χ0) is 12.7. The Kier molecular flexibility index (Phi) is 2.45. The Morgan fingerprint density at radius 1 is 1.11 bits per heavy atom. The summed E-state index contributed by atoms with van der Waals surface area (Å²) < 4.78 is 2.41. The molecule has 0 aliphatic heterocycles. The lowest BCUT2D eigenvalue weighted by molar-refractivity contribution is 0.408. The molecular formula is C12H8BrN3O2. The Morgan fingerprint density at radius 3 is 2.67 bits per heavy atom. The zero-order valence-electron chi connectivity index (χ0n) is 9.08. The smallest absolute Gasteiger partial charge is 0.165 e. The molecule has 3 aromatic rings. The van der Waals surface area contributed by atoms with Crippen molar-refractivity contribution in [2.75, 3.05) is 0 Å². The van der Waals surface area contributed by atoms with E-state index in [-0.39, 0.29) is 11.5 Å². The van der Waals surface area contributed by atoms with Crippen LogP contribution in [0.2, 0.25) is 0 Å². The number of aromatic nitrogens is 3. The van der Waals surface area contributed by atoms with Crippen LogP contribution in [0.25, 0.3) is 16.5 Å². The van der Waals surface area contributed by atoms with Crippen LogP contribution in [0.3, 0.4) is 0 Å². The van der Waals surface area contributed by atoms with Gasteiger partial charge in [-0.3, -0.25) is 0 Å². The molecule has 0 unspecified atom stereocenters. The van der Waals surface area contributed by atoms with E-state index >= 15 is 0 Å². The number of fused-ring (bicyclic) bond motifs is 1. The predicted octanol–water partition coefficient (Wildman–Crippen LogP) is 2.59. The number of halogens is 1. The minimum Gasteiger partial charge on any atom is -0.504 e. The summed E-state index contributed by atoms with van der Waals surface area (Å²) in [5.41, 5.74) is 0.652. The van der Waals surface area contributed by atoms with Crippen LogP contribution in [0.5, 0.6) is 11.5 Å². The average Bonchev–Trinajstić information content (AvgIpc) is 2.87. The molecule has 18 heavy (non-hydrogen) atoms. The van der Waals surface area contributed by atoms with Crippen molar-refractivity contribution >= 4 is 26.7 Å². The maximum Gasteiger partial charge on any atom is 0.165 e. The number of phenols is 2. The van der Waals surface area contributed by atoms with Crippen LogP contribution in [0, 0.1) is 0 Å². The highest BCUT2D eigenvalue weighted by Crippen LogP contribution is 2.38. The third-order valence-electron chi connectivity index (χ3n) is 2.69. The summed E-state index contributed by atoms with van der Waals surface area (Å²) in [5.74, 6) is -0.323. The number of nitrogens with zero attached hydrogens (tertiary/aromatic N) is 3. The van der Waals surface area contributed by atoms with Crippen LogP contribution in [-0.2, 0) is 0 Å². The molecule has 0 amide bonds. The van der Waals surface area contributed by atoms with Crippen molar-refractivity contribution in [1.82, 2.24) is 14.8 Å². The van der Waals surface area contributed by atoms with E-state index in [2.05, 4.69) is 26.0 Å². The number of aromatic hydroxyl groups is 2. The Hall–Kier alpha value is -2.08. The molecule has 0 aliphatic carbocycles. The van der Waals surface area contributed by atoms with Gasteiger partial charge >= 0.3 is 0 Å². The third-order valence-corrected chi connectivity index (χ3v) is 3.19. The first-order valence-electron chi connectivity index (χ1n) is 5.16. The van der Waals surface area contributed by atoms with Crippen molar-refractivity contribution in [3.8, 4) is 17.2 Å². The van der Waals surface area contributed by atoms with Crippen LogP contribution >= 0.6 is 15.9 Å². The lowest BCUT2D eigenvalue weighted by atomic mass is 10.1. The Bertz CT molecular complexity index is 726. The van der Waals surface area contributed by atoms with Gasteiger partial charge < -0.3 is 10.2 Å². The number of benzene rings is 2. The summed E-state index contributed by atoms with van der Waals surface area (Å²) in [6.07, 6.45) is 2.94. The Balaban J connectivity index is 2.44. The van der Waals surface area contributed by atoms with Crippen LogP contribution in [-0.4, -0.2) is 25.0 Å². The van der Waals surface area contributed by atoms with E-state index in [0.717, 1.165) is 9.86 Å². The quantitative estimate of drug-likeness (QED) is 0.678. The second-order valence-corrected chi connectivity index (χ2v) is 4.71. The fraction of sp³-hybridized carbons (Fsp3) is 0. The van der Waals surface area contributed by atoms with Gasteiger partial charge in [0.15, 0.2) is 11.5 Å². The van der Waals surface area contributed by atoms with Gasteiger partial charge in [0, 0.05) is 21.3 Å². The average molecular weight is 306 g/mol. The predicted molar refractivity (Wildman–Crippen MR) is 69.9 cm³/mol. The Morgan fingerprint density at radius 2 is 1.94 bits per heavy atom. The van der Waals surface area contributed by atoms with Crippen molar-refractivity contribution in [2.24, 2.45) is 0 Å². The number of rotatable bonds is 1. The van der Waals surface area contributed by atoms with Gasteiger partial charge in [-0.2, -0.15) is 5.10 Å². The molecule has 0 spiro atoms. The minimum absolute atomic E-state index is 0.138. The Labute approximate surface area is 110 Å². The summed E-state index contributed by atoms with van der Waals surface area (Å²) in [6.45, 7) is 0. The van der Waals surface area contributed by atoms with Gasteiger partial charge in [0.1, 0.15) is 12.7 Å². The fourth-order valence-corrected chi connectivity index (χ4v) is 2.23. The monoisotopic (exact) mass is 305 g/mol. The summed E-state index contributed by atoms with van der Waals surface area (Å²) in [5, 5.41) is 25.0. The molecule has 2 N–H and O–H groups in total. The second kappa shape index (κ2) is 3.99. The van der Waals surface area contributed by atoms with Crippen molar-refractivity contribution in [3.05, 3.63) is 41.4 Å². The highest BCUT2D eigenvalue weighted by Gasteiger charge is 2.12. The van der Waals surface area contributed by atoms with Gasteiger partial charge in [-0.15, -0.1) is 0 Å². The molecule has 3 rings (SSSR count). The van der Waals surface area contributed by atoms with Gasteiger partial charge in [-0.25, -0.2) is 9.67 Å². The number of hydrogen-bond donors (Lipinski definition) is 2. The molecule has 0 fully saturated rings. The largest absolute Gasteiger partial charge is 0.504 e. The summed E-state index contributed by atoms with van der Waals surface area (Å²) >= 11 is 3.38. The van der Waals surface area contributed by atoms with Crippen molar-refractivity contribution in [2.45, 2.75) is 0 Å². The lowest BCUT2D eigenvalue weighted by Crippen LogP contribution is -1.96. The molecule has 0 saturated heterocycles. The van der Waals surface area contributed by atoms with Gasteiger partial charge in [-0.1, -0.05) is 15.9 Å². The van der Waals surface area contributed by atoms with Gasteiger partial charge in [0.25, 0.3) is 0 Å². The molecule has 1 aromatic heterocycles. The summed E-state index contributed by atoms with van der Waals surface area (Å²) in [6, 6.07) is 6.84.